The molecular formula is C18H22Cl2N4O3. The Kier molecular flexibility index (Phi) is 9.17. The van der Waals surface area contributed by atoms with E-state index in [2.05, 4.69) is 15.6 Å². The van der Waals surface area contributed by atoms with Crippen LogP contribution in [-0.4, -0.2) is 35.6 Å². The van der Waals surface area contributed by atoms with E-state index < -0.39 is 6.10 Å². The molecule has 7 nitrogen and oxygen atoms in total. The number of nitrogens with two attached hydrogens (primary N) is 1. The standard InChI is InChI=1S/C18H20N4O3.2ClH/c19-11-15-4-5-16(25-15)18(24)22-14-3-1-2-12(10-14)17(23)21-13-6-8-20-9-7-13;;/h1-3,6-10,15-16H,4-5,11,19H2,(H,22,24)(H,20,21,23);2*1H/t15-,16+;;/m1../s1. The predicted molar refractivity (Wildman–Crippen MR) is 109 cm³/mol. The van der Waals surface area contributed by atoms with Gasteiger partial charge in [-0.2, -0.15) is 0 Å². The van der Waals surface area contributed by atoms with Gasteiger partial charge in [-0.1, -0.05) is 6.07 Å². The zero-order valence-electron chi connectivity index (χ0n) is 14.5. The number of carbonyl (C=O) groups is 2. The minimum atomic E-state index is -0.497. The van der Waals surface area contributed by atoms with E-state index in [1.165, 1.54) is 0 Å². The molecule has 2 heterocycles. The summed E-state index contributed by atoms with van der Waals surface area (Å²) < 4.78 is 5.58. The van der Waals surface area contributed by atoms with Crippen molar-refractivity contribution in [3.63, 3.8) is 0 Å². The van der Waals surface area contributed by atoms with Crippen molar-refractivity contribution < 1.29 is 14.3 Å². The monoisotopic (exact) mass is 412 g/mol. The highest BCUT2D eigenvalue weighted by Crippen LogP contribution is 2.21. The van der Waals surface area contributed by atoms with Gasteiger partial charge >= 0.3 is 0 Å². The maximum Gasteiger partial charge on any atom is 0.255 e. The molecule has 146 valence electrons. The number of hydrogen-bond donors (Lipinski definition) is 3. The first-order chi connectivity index (χ1) is 12.2. The van der Waals surface area contributed by atoms with Gasteiger partial charge in [0.1, 0.15) is 6.10 Å². The van der Waals surface area contributed by atoms with E-state index in [1.807, 2.05) is 0 Å². The normalized spacial score (nSPS) is 18.0. The van der Waals surface area contributed by atoms with Gasteiger partial charge in [0.05, 0.1) is 6.10 Å². The van der Waals surface area contributed by atoms with Crippen LogP contribution in [0.15, 0.2) is 48.8 Å². The average molecular weight is 413 g/mol. The van der Waals surface area contributed by atoms with Crippen LogP contribution in [0.3, 0.4) is 0 Å². The number of rotatable bonds is 5. The lowest BCUT2D eigenvalue weighted by atomic mass is 10.1. The Morgan fingerprint density at radius 1 is 1.07 bits per heavy atom. The van der Waals surface area contributed by atoms with Gasteiger partial charge in [0.15, 0.2) is 0 Å². The van der Waals surface area contributed by atoms with Crippen molar-refractivity contribution >= 4 is 48.0 Å². The molecule has 0 aliphatic carbocycles. The van der Waals surface area contributed by atoms with Crippen LogP contribution in [0, 0.1) is 0 Å². The van der Waals surface area contributed by atoms with Crippen LogP contribution in [0.1, 0.15) is 23.2 Å². The highest BCUT2D eigenvalue weighted by molar-refractivity contribution is 6.05. The Balaban J connectivity index is 0.00000182. The van der Waals surface area contributed by atoms with Gasteiger partial charge < -0.3 is 21.1 Å². The van der Waals surface area contributed by atoms with E-state index >= 15 is 0 Å². The number of nitrogens with one attached hydrogen (secondary N) is 2. The Hall–Kier alpha value is -2.19. The highest BCUT2D eigenvalue weighted by atomic mass is 35.5. The third-order valence-electron chi connectivity index (χ3n) is 3.99. The van der Waals surface area contributed by atoms with Crippen molar-refractivity contribution in [2.75, 3.05) is 17.2 Å². The first-order valence-corrected chi connectivity index (χ1v) is 8.13. The largest absolute Gasteiger partial charge is 0.364 e. The SMILES string of the molecule is Cl.Cl.NC[C@H]1CC[C@@H](C(=O)Nc2cccc(C(=O)Nc3ccncc3)c2)O1. The molecule has 1 saturated heterocycles. The third kappa shape index (κ3) is 6.18. The predicted octanol–water partition coefficient (Wildman–Crippen LogP) is 2.62. The summed E-state index contributed by atoms with van der Waals surface area (Å²) in [6, 6.07) is 10.2. The number of nitrogens with zero attached hydrogens (tertiary/aromatic N) is 1. The molecule has 9 heteroatoms. The van der Waals surface area contributed by atoms with Crippen molar-refractivity contribution in [2.24, 2.45) is 5.73 Å². The fourth-order valence-electron chi connectivity index (χ4n) is 2.67. The quantitative estimate of drug-likeness (QED) is 0.699. The first kappa shape index (κ1) is 22.9. The third-order valence-corrected chi connectivity index (χ3v) is 3.99. The van der Waals surface area contributed by atoms with E-state index in [-0.39, 0.29) is 42.7 Å². The second-order valence-electron chi connectivity index (χ2n) is 5.82. The molecule has 2 aromatic rings. The molecule has 0 radical (unpaired) electrons. The van der Waals surface area contributed by atoms with Crippen molar-refractivity contribution in [1.82, 2.24) is 4.98 Å². The average Bonchev–Trinajstić information content (AvgIpc) is 3.12. The number of ether oxygens (including phenoxy) is 1. The van der Waals surface area contributed by atoms with Gasteiger partial charge in [-0.25, -0.2) is 0 Å². The second-order valence-corrected chi connectivity index (χ2v) is 5.82. The zero-order valence-corrected chi connectivity index (χ0v) is 16.1. The molecule has 0 bridgehead atoms. The Labute approximate surface area is 169 Å². The van der Waals surface area contributed by atoms with Gasteiger partial charge in [0.2, 0.25) is 0 Å². The molecule has 3 rings (SSSR count). The number of amides is 2. The Bertz CT molecular complexity index is 761. The molecule has 1 fully saturated rings. The first-order valence-electron chi connectivity index (χ1n) is 8.13. The lowest BCUT2D eigenvalue weighted by Crippen LogP contribution is -2.29. The molecule has 1 aromatic carbocycles. The summed E-state index contributed by atoms with van der Waals surface area (Å²) in [6.45, 7) is 0.411. The number of halogens is 2. The van der Waals surface area contributed by atoms with Crippen LogP contribution in [0.25, 0.3) is 0 Å². The van der Waals surface area contributed by atoms with Crippen LogP contribution in [0.4, 0.5) is 11.4 Å². The second kappa shape index (κ2) is 10.8. The van der Waals surface area contributed by atoms with Crippen LogP contribution in [0.5, 0.6) is 0 Å². The minimum absolute atomic E-state index is 0. The molecular weight excluding hydrogens is 391 g/mol. The van der Waals surface area contributed by atoms with Gasteiger partial charge in [0.25, 0.3) is 11.8 Å². The van der Waals surface area contributed by atoms with Crippen molar-refractivity contribution in [3.8, 4) is 0 Å². The van der Waals surface area contributed by atoms with E-state index in [4.69, 9.17) is 10.5 Å². The molecule has 27 heavy (non-hydrogen) atoms. The van der Waals surface area contributed by atoms with Crippen LogP contribution < -0.4 is 16.4 Å². The molecule has 2 amide bonds. The van der Waals surface area contributed by atoms with Gasteiger partial charge in [-0.15, -0.1) is 24.8 Å². The summed E-state index contributed by atoms with van der Waals surface area (Å²) in [5, 5.41) is 5.57. The number of hydrogen-bond acceptors (Lipinski definition) is 5. The van der Waals surface area contributed by atoms with Crippen molar-refractivity contribution in [1.29, 1.82) is 0 Å². The molecule has 1 aromatic heterocycles. The molecule has 2 atom stereocenters. The summed E-state index contributed by atoms with van der Waals surface area (Å²) in [4.78, 5) is 28.5. The number of pyridine rings is 1. The Morgan fingerprint density at radius 2 is 1.81 bits per heavy atom. The van der Waals surface area contributed by atoms with Gasteiger partial charge in [0, 0.05) is 35.9 Å². The Morgan fingerprint density at radius 3 is 2.48 bits per heavy atom. The summed E-state index contributed by atoms with van der Waals surface area (Å²) in [6.07, 6.45) is 4.07. The van der Waals surface area contributed by atoms with Crippen LogP contribution in [-0.2, 0) is 9.53 Å². The summed E-state index contributed by atoms with van der Waals surface area (Å²) >= 11 is 0. The maximum atomic E-state index is 12.3. The lowest BCUT2D eigenvalue weighted by molar-refractivity contribution is -0.126. The molecule has 0 spiro atoms. The van der Waals surface area contributed by atoms with E-state index in [0.717, 1.165) is 6.42 Å². The van der Waals surface area contributed by atoms with Crippen molar-refractivity contribution in [3.05, 3.63) is 54.4 Å². The van der Waals surface area contributed by atoms with Crippen molar-refractivity contribution in [2.45, 2.75) is 25.0 Å². The number of anilines is 2. The summed E-state index contributed by atoms with van der Waals surface area (Å²) in [5.74, 6) is -0.481. The lowest BCUT2D eigenvalue weighted by Gasteiger charge is -2.13. The summed E-state index contributed by atoms with van der Waals surface area (Å²) in [5.41, 5.74) is 7.21. The molecule has 1 aliphatic heterocycles. The molecule has 1 aliphatic rings. The minimum Gasteiger partial charge on any atom is -0.364 e. The fraction of sp³-hybridized carbons (Fsp3) is 0.278. The summed E-state index contributed by atoms with van der Waals surface area (Å²) in [7, 11) is 0. The maximum absolute atomic E-state index is 12.3. The topological polar surface area (TPSA) is 106 Å². The number of aromatic nitrogens is 1. The van der Waals surface area contributed by atoms with E-state index in [1.54, 1.807) is 48.8 Å². The fourth-order valence-corrected chi connectivity index (χ4v) is 2.67. The smallest absolute Gasteiger partial charge is 0.255 e. The van der Waals surface area contributed by atoms with E-state index in [0.29, 0.717) is 29.9 Å². The highest BCUT2D eigenvalue weighted by Gasteiger charge is 2.29. The zero-order chi connectivity index (χ0) is 17.6. The number of carbonyl (C=O) groups excluding carboxylic acids is 2. The molecule has 4 N–H and O–H groups in total. The van der Waals surface area contributed by atoms with Gasteiger partial charge in [-0.3, -0.25) is 14.6 Å². The van der Waals surface area contributed by atoms with E-state index in [9.17, 15) is 9.59 Å². The van der Waals surface area contributed by atoms with Crippen LogP contribution in [0.2, 0.25) is 0 Å². The number of benzene rings is 1. The molecule has 0 unspecified atom stereocenters. The molecule has 0 saturated carbocycles. The van der Waals surface area contributed by atoms with Gasteiger partial charge in [-0.05, 0) is 43.2 Å². The van der Waals surface area contributed by atoms with Crippen LogP contribution >= 0.6 is 24.8 Å².